The molecular weight excluding hydrogens is 320 g/mol. The molecule has 0 radical (unpaired) electrons. The maximum absolute atomic E-state index is 11.8. The first-order chi connectivity index (χ1) is 12.1. The number of nitrogens with one attached hydrogen (secondary N) is 2. The minimum absolute atomic E-state index is 0.0838. The summed E-state index contributed by atoms with van der Waals surface area (Å²) < 4.78 is 10.9. The molecule has 0 spiro atoms. The van der Waals surface area contributed by atoms with Crippen molar-refractivity contribution in [1.29, 1.82) is 0 Å². The number of carbonyl (C=O) groups excluding carboxylic acids is 1. The van der Waals surface area contributed by atoms with Crippen LogP contribution in [-0.4, -0.2) is 75.9 Å². The summed E-state index contributed by atoms with van der Waals surface area (Å²) in [5, 5.41) is 6.27. The Hall–Kier alpha value is -1.34. The summed E-state index contributed by atoms with van der Waals surface area (Å²) in [4.78, 5) is 18.4. The number of ether oxygens (including phenoxy) is 2. The molecule has 1 rings (SSSR count). The number of hydrogen-bond acceptors (Lipinski definition) is 4. The van der Waals surface area contributed by atoms with Crippen LogP contribution in [0.15, 0.2) is 4.99 Å². The van der Waals surface area contributed by atoms with Crippen LogP contribution >= 0.6 is 0 Å². The van der Waals surface area contributed by atoms with Crippen LogP contribution in [-0.2, 0) is 14.3 Å². The zero-order valence-electron chi connectivity index (χ0n) is 16.3. The monoisotopic (exact) mass is 356 g/mol. The maximum Gasteiger partial charge on any atom is 0.221 e. The van der Waals surface area contributed by atoms with Crippen LogP contribution in [0.1, 0.15) is 46.0 Å². The van der Waals surface area contributed by atoms with E-state index in [2.05, 4.69) is 27.4 Å². The highest BCUT2D eigenvalue weighted by Gasteiger charge is 2.21. The van der Waals surface area contributed by atoms with E-state index >= 15 is 0 Å². The molecule has 146 valence electrons. The molecule has 1 aliphatic heterocycles. The molecule has 7 heteroatoms. The first-order valence-electron chi connectivity index (χ1n) is 9.46. The molecule has 2 N–H and O–H groups in total. The summed E-state index contributed by atoms with van der Waals surface area (Å²) in [7, 11) is 3.50. The number of rotatable bonds is 10. The van der Waals surface area contributed by atoms with Crippen LogP contribution in [0.2, 0.25) is 0 Å². The van der Waals surface area contributed by atoms with E-state index in [4.69, 9.17) is 9.47 Å². The molecule has 1 amide bonds. The third-order valence-electron chi connectivity index (χ3n) is 4.45. The molecule has 1 aliphatic rings. The van der Waals surface area contributed by atoms with Crippen molar-refractivity contribution in [3.63, 3.8) is 0 Å². The fourth-order valence-corrected chi connectivity index (χ4v) is 2.76. The van der Waals surface area contributed by atoms with Crippen molar-refractivity contribution in [2.24, 2.45) is 4.99 Å². The van der Waals surface area contributed by atoms with Gasteiger partial charge in [-0.05, 0) is 32.6 Å². The van der Waals surface area contributed by atoms with Crippen LogP contribution in [0.4, 0.5) is 0 Å². The molecule has 0 aromatic rings. The largest absolute Gasteiger partial charge is 0.385 e. The number of likely N-dealkylation sites (tertiary alicyclic amines) is 1. The zero-order chi connectivity index (χ0) is 18.5. The standard InChI is InChI=1S/C18H36N4O3/c1-5-15(2)21-17(23)7-10-20-18(19-3)22-11-8-16(9-12-22)25-14-6-13-24-4/h15-16H,5-14H2,1-4H3,(H,19,20)(H,21,23). The Labute approximate surface area is 152 Å². The van der Waals surface area contributed by atoms with Gasteiger partial charge in [-0.1, -0.05) is 6.92 Å². The number of aliphatic imine (C=N–C) groups is 1. The van der Waals surface area contributed by atoms with Gasteiger partial charge in [-0.2, -0.15) is 0 Å². The van der Waals surface area contributed by atoms with E-state index in [1.807, 2.05) is 6.92 Å². The van der Waals surface area contributed by atoms with Crippen LogP contribution < -0.4 is 10.6 Å². The molecule has 0 aromatic carbocycles. The van der Waals surface area contributed by atoms with Crippen molar-refractivity contribution < 1.29 is 14.3 Å². The quantitative estimate of drug-likeness (QED) is 0.351. The molecule has 25 heavy (non-hydrogen) atoms. The highest BCUT2D eigenvalue weighted by atomic mass is 16.5. The summed E-state index contributed by atoms with van der Waals surface area (Å²) in [5.74, 6) is 0.953. The minimum Gasteiger partial charge on any atom is -0.385 e. The van der Waals surface area contributed by atoms with Crippen molar-refractivity contribution in [1.82, 2.24) is 15.5 Å². The summed E-state index contributed by atoms with van der Waals surface area (Å²) in [6.07, 6.45) is 4.68. The van der Waals surface area contributed by atoms with Gasteiger partial charge in [0.2, 0.25) is 5.91 Å². The minimum atomic E-state index is 0.0838. The van der Waals surface area contributed by atoms with Crippen LogP contribution in [0, 0.1) is 0 Å². The second-order valence-electron chi connectivity index (χ2n) is 6.50. The first-order valence-corrected chi connectivity index (χ1v) is 9.46. The molecule has 1 heterocycles. The molecule has 1 atom stereocenters. The Kier molecular flexibility index (Phi) is 11.2. The number of piperidine rings is 1. The number of carbonyl (C=O) groups is 1. The fourth-order valence-electron chi connectivity index (χ4n) is 2.76. The van der Waals surface area contributed by atoms with Gasteiger partial charge in [-0.15, -0.1) is 0 Å². The lowest BCUT2D eigenvalue weighted by atomic mass is 10.1. The van der Waals surface area contributed by atoms with E-state index in [0.29, 0.717) is 19.1 Å². The Balaban J connectivity index is 2.22. The van der Waals surface area contributed by atoms with Crippen LogP contribution in [0.25, 0.3) is 0 Å². The van der Waals surface area contributed by atoms with Crippen molar-refractivity contribution in [2.45, 2.75) is 58.1 Å². The van der Waals surface area contributed by atoms with Crippen molar-refractivity contribution in [3.8, 4) is 0 Å². The average molecular weight is 357 g/mol. The van der Waals surface area contributed by atoms with E-state index in [9.17, 15) is 4.79 Å². The van der Waals surface area contributed by atoms with Gasteiger partial charge in [0.1, 0.15) is 0 Å². The number of hydrogen-bond donors (Lipinski definition) is 2. The average Bonchev–Trinajstić information content (AvgIpc) is 2.63. The predicted octanol–water partition coefficient (Wildman–Crippen LogP) is 1.38. The number of amides is 1. The Bertz CT molecular complexity index is 396. The van der Waals surface area contributed by atoms with Gasteiger partial charge in [0, 0.05) is 59.5 Å². The highest BCUT2D eigenvalue weighted by molar-refractivity contribution is 5.81. The first kappa shape index (κ1) is 21.7. The lowest BCUT2D eigenvalue weighted by Gasteiger charge is -2.34. The molecule has 0 saturated carbocycles. The third kappa shape index (κ3) is 9.07. The van der Waals surface area contributed by atoms with Gasteiger partial charge in [0.15, 0.2) is 5.96 Å². The molecular formula is C18H36N4O3. The van der Waals surface area contributed by atoms with Crippen molar-refractivity contribution in [2.75, 3.05) is 47.0 Å². The zero-order valence-corrected chi connectivity index (χ0v) is 16.3. The van der Waals surface area contributed by atoms with E-state index in [0.717, 1.165) is 57.9 Å². The van der Waals surface area contributed by atoms with E-state index < -0.39 is 0 Å². The van der Waals surface area contributed by atoms with Gasteiger partial charge in [0.25, 0.3) is 0 Å². The molecule has 0 bridgehead atoms. The lowest BCUT2D eigenvalue weighted by molar-refractivity contribution is -0.121. The van der Waals surface area contributed by atoms with Crippen LogP contribution in [0.5, 0.6) is 0 Å². The molecule has 1 fully saturated rings. The second kappa shape index (κ2) is 12.9. The Morgan fingerprint density at radius 1 is 1.32 bits per heavy atom. The van der Waals surface area contributed by atoms with Gasteiger partial charge < -0.3 is 25.0 Å². The topological polar surface area (TPSA) is 75.2 Å². The molecule has 1 saturated heterocycles. The van der Waals surface area contributed by atoms with E-state index in [-0.39, 0.29) is 11.9 Å². The normalized spacial score (nSPS) is 17.4. The highest BCUT2D eigenvalue weighted by Crippen LogP contribution is 2.14. The predicted molar refractivity (Wildman–Crippen MR) is 101 cm³/mol. The van der Waals surface area contributed by atoms with E-state index in [1.165, 1.54) is 0 Å². The summed E-state index contributed by atoms with van der Waals surface area (Å²) in [6.45, 7) is 8.04. The SMILES string of the molecule is CCC(C)NC(=O)CCNC(=NC)N1CCC(OCCCOC)CC1. The van der Waals surface area contributed by atoms with Crippen molar-refractivity contribution in [3.05, 3.63) is 0 Å². The number of guanidine groups is 1. The Morgan fingerprint density at radius 3 is 2.64 bits per heavy atom. The lowest BCUT2D eigenvalue weighted by Crippen LogP contribution is -2.47. The number of methoxy groups -OCH3 is 1. The smallest absolute Gasteiger partial charge is 0.221 e. The maximum atomic E-state index is 11.8. The molecule has 0 aliphatic carbocycles. The fraction of sp³-hybridized carbons (Fsp3) is 0.889. The molecule has 7 nitrogen and oxygen atoms in total. The van der Waals surface area contributed by atoms with Gasteiger partial charge in [0.05, 0.1) is 6.10 Å². The third-order valence-corrected chi connectivity index (χ3v) is 4.45. The molecule has 1 unspecified atom stereocenters. The second-order valence-corrected chi connectivity index (χ2v) is 6.50. The van der Waals surface area contributed by atoms with Gasteiger partial charge in [-0.25, -0.2) is 0 Å². The summed E-state index contributed by atoms with van der Waals surface area (Å²) in [6, 6.07) is 0.231. The number of nitrogens with zero attached hydrogens (tertiary/aromatic N) is 2. The summed E-state index contributed by atoms with van der Waals surface area (Å²) >= 11 is 0. The Morgan fingerprint density at radius 2 is 2.04 bits per heavy atom. The van der Waals surface area contributed by atoms with Gasteiger partial charge >= 0.3 is 0 Å². The van der Waals surface area contributed by atoms with Crippen molar-refractivity contribution >= 4 is 11.9 Å². The molecule has 0 aromatic heterocycles. The van der Waals surface area contributed by atoms with Crippen LogP contribution in [0.3, 0.4) is 0 Å². The van der Waals surface area contributed by atoms with E-state index in [1.54, 1.807) is 14.2 Å². The summed E-state index contributed by atoms with van der Waals surface area (Å²) in [5.41, 5.74) is 0. The van der Waals surface area contributed by atoms with Gasteiger partial charge in [-0.3, -0.25) is 9.79 Å².